The third-order valence-electron chi connectivity index (χ3n) is 4.05. The molecule has 0 bridgehead atoms. The van der Waals surface area contributed by atoms with Crippen molar-refractivity contribution in [3.8, 4) is 5.75 Å². The number of nitrogens with zero attached hydrogens (tertiary/aromatic N) is 1. The highest BCUT2D eigenvalue weighted by Crippen LogP contribution is 2.37. The molecule has 0 aromatic heterocycles. The molecule has 0 saturated heterocycles. The highest BCUT2D eigenvalue weighted by atomic mass is 19.2. The number of para-hydroxylation sites is 2. The number of rotatable bonds is 4. The van der Waals surface area contributed by atoms with Gasteiger partial charge in [0.15, 0.2) is 17.2 Å². The van der Waals surface area contributed by atoms with E-state index in [9.17, 15) is 18.4 Å². The SMILES string of the molecule is CC1(C)Oc2ccccc2N(CCC(=O)Nc2ccc(F)c(F)c2)C1=O. The van der Waals surface area contributed by atoms with Gasteiger partial charge in [-0.2, -0.15) is 0 Å². The van der Waals surface area contributed by atoms with Gasteiger partial charge in [0.25, 0.3) is 5.91 Å². The molecule has 1 aliphatic heterocycles. The number of hydrogen-bond donors (Lipinski definition) is 1. The number of nitrogens with one attached hydrogen (secondary N) is 1. The van der Waals surface area contributed by atoms with Gasteiger partial charge in [-0.15, -0.1) is 0 Å². The molecule has 2 amide bonds. The minimum atomic E-state index is -1.04. The van der Waals surface area contributed by atoms with Crippen LogP contribution in [0.3, 0.4) is 0 Å². The Morgan fingerprint density at radius 2 is 1.88 bits per heavy atom. The van der Waals surface area contributed by atoms with E-state index in [1.165, 1.54) is 11.0 Å². The number of fused-ring (bicyclic) bond motifs is 1. The fraction of sp³-hybridized carbons (Fsp3) is 0.263. The maximum absolute atomic E-state index is 13.2. The van der Waals surface area contributed by atoms with E-state index >= 15 is 0 Å². The third-order valence-corrected chi connectivity index (χ3v) is 4.05. The predicted molar refractivity (Wildman–Crippen MR) is 93.1 cm³/mol. The maximum atomic E-state index is 13.2. The number of amides is 2. The zero-order chi connectivity index (χ0) is 18.9. The lowest BCUT2D eigenvalue weighted by Gasteiger charge is -2.38. The number of carbonyl (C=O) groups excluding carboxylic acids is 2. The van der Waals surface area contributed by atoms with E-state index in [-0.39, 0.29) is 24.6 Å². The van der Waals surface area contributed by atoms with Crippen molar-refractivity contribution in [2.75, 3.05) is 16.8 Å². The van der Waals surface area contributed by atoms with Crippen LogP contribution in [0.2, 0.25) is 0 Å². The highest BCUT2D eigenvalue weighted by molar-refractivity contribution is 6.03. The van der Waals surface area contributed by atoms with Crippen LogP contribution in [-0.4, -0.2) is 24.0 Å². The fourth-order valence-corrected chi connectivity index (χ4v) is 2.75. The van der Waals surface area contributed by atoms with Crippen LogP contribution < -0.4 is 15.0 Å². The summed E-state index contributed by atoms with van der Waals surface area (Å²) in [5.41, 5.74) is -0.286. The molecule has 0 saturated carbocycles. The largest absolute Gasteiger partial charge is 0.476 e. The molecular formula is C19H18F2N2O3. The summed E-state index contributed by atoms with van der Waals surface area (Å²) in [5, 5.41) is 2.49. The minimum Gasteiger partial charge on any atom is -0.476 e. The smallest absolute Gasteiger partial charge is 0.270 e. The van der Waals surface area contributed by atoms with E-state index in [2.05, 4.69) is 5.32 Å². The molecule has 26 heavy (non-hydrogen) atoms. The Balaban J connectivity index is 1.71. The first-order chi connectivity index (χ1) is 12.3. The lowest BCUT2D eigenvalue weighted by Crippen LogP contribution is -2.53. The first kappa shape index (κ1) is 17.8. The molecule has 136 valence electrons. The lowest BCUT2D eigenvalue weighted by atomic mass is 10.0. The number of ether oxygens (including phenoxy) is 1. The zero-order valence-corrected chi connectivity index (χ0v) is 14.4. The van der Waals surface area contributed by atoms with Crippen LogP contribution >= 0.6 is 0 Å². The molecule has 0 atom stereocenters. The molecule has 0 unspecified atom stereocenters. The Bertz CT molecular complexity index is 868. The quantitative estimate of drug-likeness (QED) is 0.908. The molecule has 7 heteroatoms. The standard InChI is InChI=1S/C19H18F2N2O3/c1-19(2)18(25)23(15-5-3-4-6-16(15)26-19)10-9-17(24)22-12-7-8-13(20)14(21)11-12/h3-8,11H,9-10H2,1-2H3,(H,22,24). The van der Waals surface area contributed by atoms with Gasteiger partial charge in [-0.1, -0.05) is 12.1 Å². The van der Waals surface area contributed by atoms with Crippen molar-refractivity contribution < 1.29 is 23.1 Å². The van der Waals surface area contributed by atoms with Crippen LogP contribution in [0, 0.1) is 11.6 Å². The van der Waals surface area contributed by atoms with Crippen LogP contribution in [0.25, 0.3) is 0 Å². The number of halogens is 2. The first-order valence-electron chi connectivity index (χ1n) is 8.13. The van der Waals surface area contributed by atoms with Crippen LogP contribution in [0.15, 0.2) is 42.5 Å². The van der Waals surface area contributed by atoms with Gasteiger partial charge in [0, 0.05) is 24.7 Å². The molecule has 1 aliphatic rings. The second kappa shape index (κ2) is 6.74. The molecule has 0 radical (unpaired) electrons. The van der Waals surface area contributed by atoms with E-state index in [4.69, 9.17) is 4.74 Å². The van der Waals surface area contributed by atoms with E-state index in [1.54, 1.807) is 38.1 Å². The van der Waals surface area contributed by atoms with E-state index in [1.807, 2.05) is 0 Å². The van der Waals surface area contributed by atoms with E-state index in [0.717, 1.165) is 12.1 Å². The van der Waals surface area contributed by atoms with E-state index < -0.39 is 23.1 Å². The molecule has 0 aliphatic carbocycles. The monoisotopic (exact) mass is 360 g/mol. The Morgan fingerprint density at radius 1 is 1.15 bits per heavy atom. The second-order valence-corrected chi connectivity index (χ2v) is 6.46. The molecule has 0 spiro atoms. The van der Waals surface area contributed by atoms with Crippen LogP contribution in [0.4, 0.5) is 20.2 Å². The molecule has 2 aromatic rings. The van der Waals surface area contributed by atoms with Gasteiger partial charge in [0.2, 0.25) is 5.91 Å². The van der Waals surface area contributed by atoms with Gasteiger partial charge >= 0.3 is 0 Å². The van der Waals surface area contributed by atoms with Crippen molar-refractivity contribution >= 4 is 23.2 Å². The van der Waals surface area contributed by atoms with Gasteiger partial charge in [-0.05, 0) is 38.1 Å². The van der Waals surface area contributed by atoms with Crippen LogP contribution in [0.1, 0.15) is 20.3 Å². The predicted octanol–water partition coefficient (Wildman–Crippen LogP) is 3.50. The van der Waals surface area contributed by atoms with Crippen molar-refractivity contribution in [3.05, 3.63) is 54.1 Å². The van der Waals surface area contributed by atoms with Gasteiger partial charge in [-0.25, -0.2) is 8.78 Å². The normalized spacial score (nSPS) is 15.2. The van der Waals surface area contributed by atoms with Crippen LogP contribution in [0.5, 0.6) is 5.75 Å². The van der Waals surface area contributed by atoms with Crippen molar-refractivity contribution in [2.24, 2.45) is 0 Å². The summed E-state index contributed by atoms with van der Waals surface area (Å²) in [7, 11) is 0. The molecule has 2 aromatic carbocycles. The molecule has 1 heterocycles. The molecule has 5 nitrogen and oxygen atoms in total. The summed E-state index contributed by atoms with van der Waals surface area (Å²) in [6.07, 6.45) is -0.00481. The fourth-order valence-electron chi connectivity index (χ4n) is 2.75. The summed E-state index contributed by atoms with van der Waals surface area (Å²) < 4.78 is 31.9. The average Bonchev–Trinajstić information content (AvgIpc) is 2.58. The summed E-state index contributed by atoms with van der Waals surface area (Å²) in [4.78, 5) is 26.3. The van der Waals surface area contributed by atoms with Crippen molar-refractivity contribution in [2.45, 2.75) is 25.9 Å². The Morgan fingerprint density at radius 3 is 2.62 bits per heavy atom. The Labute approximate surface area is 149 Å². The number of hydrogen-bond acceptors (Lipinski definition) is 3. The Hall–Kier alpha value is -2.96. The summed E-state index contributed by atoms with van der Waals surface area (Å²) in [6.45, 7) is 3.47. The van der Waals surface area contributed by atoms with E-state index in [0.29, 0.717) is 11.4 Å². The summed E-state index contributed by atoms with van der Waals surface area (Å²) in [5.74, 6) is -2.12. The van der Waals surface area contributed by atoms with Gasteiger partial charge < -0.3 is 15.0 Å². The highest BCUT2D eigenvalue weighted by Gasteiger charge is 2.40. The minimum absolute atomic E-state index is 0.00481. The lowest BCUT2D eigenvalue weighted by molar-refractivity contribution is -0.132. The number of benzene rings is 2. The van der Waals surface area contributed by atoms with Crippen LogP contribution in [-0.2, 0) is 9.59 Å². The second-order valence-electron chi connectivity index (χ2n) is 6.46. The first-order valence-corrected chi connectivity index (χ1v) is 8.13. The maximum Gasteiger partial charge on any atom is 0.270 e. The van der Waals surface area contributed by atoms with Gasteiger partial charge in [-0.3, -0.25) is 9.59 Å². The summed E-state index contributed by atoms with van der Waals surface area (Å²) in [6, 6.07) is 10.2. The third kappa shape index (κ3) is 3.51. The Kier molecular flexibility index (Phi) is 4.63. The van der Waals surface area contributed by atoms with Gasteiger partial charge in [0.1, 0.15) is 5.75 Å². The zero-order valence-electron chi connectivity index (χ0n) is 14.4. The molecule has 3 rings (SSSR count). The topological polar surface area (TPSA) is 58.6 Å². The van der Waals surface area contributed by atoms with Gasteiger partial charge in [0.05, 0.1) is 5.69 Å². The number of carbonyl (C=O) groups is 2. The molecule has 1 N–H and O–H groups in total. The molecule has 0 fully saturated rings. The molecular weight excluding hydrogens is 342 g/mol. The van der Waals surface area contributed by atoms with Crippen molar-refractivity contribution in [3.63, 3.8) is 0 Å². The number of anilines is 2. The average molecular weight is 360 g/mol. The summed E-state index contributed by atoms with van der Waals surface area (Å²) >= 11 is 0. The van der Waals surface area contributed by atoms with Crippen molar-refractivity contribution in [1.29, 1.82) is 0 Å². The van der Waals surface area contributed by atoms with Crippen molar-refractivity contribution in [1.82, 2.24) is 0 Å².